The summed E-state index contributed by atoms with van der Waals surface area (Å²) in [5, 5.41) is 6.63. The molecule has 2 atom stereocenters. The van der Waals surface area contributed by atoms with E-state index < -0.39 is 34.2 Å². The Kier molecular flexibility index (Phi) is 8.74. The zero-order valence-electron chi connectivity index (χ0n) is 17.9. The van der Waals surface area contributed by atoms with Gasteiger partial charge in [0.05, 0.1) is 6.04 Å². The maximum Gasteiger partial charge on any atom is 0.407 e. The van der Waals surface area contributed by atoms with E-state index in [0.29, 0.717) is 12.8 Å². The number of carbonyl (C=O) groups is 2. The first kappa shape index (κ1) is 25.4. The van der Waals surface area contributed by atoms with Crippen LogP contribution in [0.3, 0.4) is 0 Å². The molecule has 0 unspecified atom stereocenters. The molecule has 0 saturated carbocycles. The summed E-state index contributed by atoms with van der Waals surface area (Å²) in [5.74, 6) is 0. The highest BCUT2D eigenvalue weighted by atomic mass is 35.6. The molecule has 1 heterocycles. The van der Waals surface area contributed by atoms with Gasteiger partial charge >= 0.3 is 12.2 Å². The fraction of sp³-hybridized carbons (Fsp3) is 0.524. The summed E-state index contributed by atoms with van der Waals surface area (Å²) in [4.78, 5) is 27.8. The van der Waals surface area contributed by atoms with E-state index in [4.69, 9.17) is 44.3 Å². The zero-order valence-corrected chi connectivity index (χ0v) is 20.2. The molecule has 1 aromatic carbocycles. The minimum Gasteiger partial charge on any atom is -0.445 e. The largest absolute Gasteiger partial charge is 0.445 e. The lowest BCUT2D eigenvalue weighted by molar-refractivity contribution is 0.0497. The van der Waals surface area contributed by atoms with Crippen molar-refractivity contribution in [3.63, 3.8) is 0 Å². The Labute approximate surface area is 197 Å². The number of alkyl halides is 3. The van der Waals surface area contributed by atoms with E-state index in [2.05, 4.69) is 15.6 Å². The molecular weight excluding hydrogens is 465 g/mol. The van der Waals surface area contributed by atoms with Gasteiger partial charge in [-0.1, -0.05) is 59.9 Å². The molecule has 10 heteroatoms. The molecule has 3 N–H and O–H groups in total. The van der Waals surface area contributed by atoms with Crippen molar-refractivity contribution in [1.82, 2.24) is 15.6 Å². The van der Waals surface area contributed by atoms with Gasteiger partial charge in [-0.25, -0.2) is 9.59 Å². The van der Waals surface area contributed by atoms with E-state index in [0.717, 1.165) is 16.5 Å². The van der Waals surface area contributed by atoms with Crippen LogP contribution in [-0.4, -0.2) is 39.2 Å². The number of ether oxygens (including phenoxy) is 2. The number of halogens is 3. The second-order valence-corrected chi connectivity index (χ2v) is 10.7. The molecule has 0 radical (unpaired) electrons. The molecule has 1 aromatic heterocycles. The van der Waals surface area contributed by atoms with Crippen LogP contribution >= 0.6 is 34.8 Å². The average Bonchev–Trinajstić information content (AvgIpc) is 3.07. The molecule has 0 aliphatic rings. The number of amides is 2. The highest BCUT2D eigenvalue weighted by Crippen LogP contribution is 2.29. The van der Waals surface area contributed by atoms with E-state index in [1.807, 2.05) is 37.4 Å². The lowest BCUT2D eigenvalue weighted by atomic mass is 9.97. The summed E-state index contributed by atoms with van der Waals surface area (Å²) in [6.45, 7) is 6.94. The Bertz CT molecular complexity index is 890. The van der Waals surface area contributed by atoms with E-state index in [1.54, 1.807) is 20.8 Å². The molecular formula is C21H28Cl3N3O4. The quantitative estimate of drug-likeness (QED) is 0.413. The van der Waals surface area contributed by atoms with Crippen LogP contribution in [0.5, 0.6) is 0 Å². The number of hydrogen-bond acceptors (Lipinski definition) is 4. The fourth-order valence-corrected chi connectivity index (χ4v) is 3.23. The fourth-order valence-electron chi connectivity index (χ4n) is 3.06. The summed E-state index contributed by atoms with van der Waals surface area (Å²) >= 11 is 17.0. The smallest absolute Gasteiger partial charge is 0.407 e. The molecule has 0 aliphatic heterocycles. The highest BCUT2D eigenvalue weighted by Gasteiger charge is 2.27. The van der Waals surface area contributed by atoms with Crippen molar-refractivity contribution >= 4 is 57.9 Å². The number of H-pyrrole nitrogens is 1. The van der Waals surface area contributed by atoms with Crippen LogP contribution in [0.25, 0.3) is 10.9 Å². The van der Waals surface area contributed by atoms with Crippen LogP contribution in [0.2, 0.25) is 0 Å². The van der Waals surface area contributed by atoms with Gasteiger partial charge in [0.2, 0.25) is 3.79 Å². The number of aromatic nitrogens is 1. The maximum atomic E-state index is 12.4. The van der Waals surface area contributed by atoms with Crippen LogP contribution < -0.4 is 10.6 Å². The number of carbonyl (C=O) groups excluding carboxylic acids is 2. The topological polar surface area (TPSA) is 92.5 Å². The van der Waals surface area contributed by atoms with Gasteiger partial charge in [-0.15, -0.1) is 0 Å². The number of nitrogens with one attached hydrogen (secondary N) is 3. The van der Waals surface area contributed by atoms with Gasteiger partial charge in [-0.3, -0.25) is 0 Å². The molecule has 2 aromatic rings. The highest BCUT2D eigenvalue weighted by molar-refractivity contribution is 6.67. The molecule has 31 heavy (non-hydrogen) atoms. The van der Waals surface area contributed by atoms with Gasteiger partial charge in [0.25, 0.3) is 0 Å². The molecule has 2 rings (SSSR count). The van der Waals surface area contributed by atoms with Gasteiger partial charge in [0, 0.05) is 23.1 Å². The zero-order chi connectivity index (χ0) is 23.2. The van der Waals surface area contributed by atoms with E-state index in [-0.39, 0.29) is 6.04 Å². The molecule has 0 fully saturated rings. The average molecular weight is 493 g/mol. The van der Waals surface area contributed by atoms with Gasteiger partial charge in [0.1, 0.15) is 12.2 Å². The molecule has 172 valence electrons. The van der Waals surface area contributed by atoms with Crippen LogP contribution in [0.15, 0.2) is 30.5 Å². The molecule has 0 aliphatic carbocycles. The number of alkyl carbamates (subject to hydrolysis) is 2. The number of aromatic amines is 1. The monoisotopic (exact) mass is 491 g/mol. The summed E-state index contributed by atoms with van der Waals surface area (Å²) in [5.41, 5.74) is 1.16. The summed E-state index contributed by atoms with van der Waals surface area (Å²) in [6, 6.07) is 6.98. The Morgan fingerprint density at radius 2 is 1.77 bits per heavy atom. The predicted octanol–water partition coefficient (Wildman–Crippen LogP) is 6.00. The third-order valence-corrected chi connectivity index (χ3v) is 4.72. The predicted molar refractivity (Wildman–Crippen MR) is 124 cm³/mol. The van der Waals surface area contributed by atoms with E-state index >= 15 is 0 Å². The minimum atomic E-state index is -1.71. The van der Waals surface area contributed by atoms with Crippen molar-refractivity contribution in [3.05, 3.63) is 36.0 Å². The third kappa shape index (κ3) is 8.67. The van der Waals surface area contributed by atoms with Crippen molar-refractivity contribution in [2.45, 2.75) is 62.0 Å². The second kappa shape index (κ2) is 10.7. The van der Waals surface area contributed by atoms with E-state index in [9.17, 15) is 9.59 Å². The Hall–Kier alpha value is -1.83. The van der Waals surface area contributed by atoms with Crippen LogP contribution in [0.1, 0.15) is 52.1 Å². The van der Waals surface area contributed by atoms with Gasteiger partial charge in [0.15, 0.2) is 0 Å². The van der Waals surface area contributed by atoms with Crippen molar-refractivity contribution in [1.29, 1.82) is 0 Å². The Morgan fingerprint density at radius 1 is 1.10 bits per heavy atom. The first-order valence-electron chi connectivity index (χ1n) is 9.93. The van der Waals surface area contributed by atoms with Crippen LogP contribution in [0.4, 0.5) is 9.59 Å². The molecule has 0 saturated heterocycles. The second-order valence-electron chi connectivity index (χ2n) is 8.16. The van der Waals surface area contributed by atoms with Crippen LogP contribution in [-0.2, 0) is 9.47 Å². The van der Waals surface area contributed by atoms with Crippen molar-refractivity contribution in [2.75, 3.05) is 6.61 Å². The maximum absolute atomic E-state index is 12.4. The standard InChI is InChI=1S/C21H28Cl3N3O4/c1-5-13(26-19(29)31-20(2,3)4)10-17(27-18(28)30-12-21(22,23)24)15-11-25-16-9-7-6-8-14(15)16/h6-9,11,13,17,25H,5,10,12H2,1-4H3,(H,26,29)(H,27,28)/t13-,17-/m1/s1. The van der Waals surface area contributed by atoms with Crippen molar-refractivity contribution < 1.29 is 19.1 Å². The Morgan fingerprint density at radius 3 is 2.39 bits per heavy atom. The minimum absolute atomic E-state index is 0.262. The molecule has 0 spiro atoms. The van der Waals surface area contributed by atoms with Gasteiger partial charge in [-0.2, -0.15) is 0 Å². The lowest BCUT2D eigenvalue weighted by Crippen LogP contribution is -2.41. The van der Waals surface area contributed by atoms with Gasteiger partial charge in [-0.05, 0) is 45.2 Å². The van der Waals surface area contributed by atoms with Crippen molar-refractivity contribution in [2.24, 2.45) is 0 Å². The Balaban J connectivity index is 2.20. The summed E-state index contributed by atoms with van der Waals surface area (Å²) < 4.78 is 8.69. The van der Waals surface area contributed by atoms with Crippen LogP contribution in [0, 0.1) is 0 Å². The molecule has 2 amide bonds. The van der Waals surface area contributed by atoms with Gasteiger partial charge < -0.3 is 25.1 Å². The summed E-state index contributed by atoms with van der Waals surface area (Å²) in [7, 11) is 0. The lowest BCUT2D eigenvalue weighted by Gasteiger charge is -2.26. The molecule has 0 bridgehead atoms. The van der Waals surface area contributed by atoms with Crippen molar-refractivity contribution in [3.8, 4) is 0 Å². The van der Waals surface area contributed by atoms with E-state index in [1.165, 1.54) is 0 Å². The number of rotatable bonds is 7. The SMILES string of the molecule is CC[C@H](C[C@@H](NC(=O)OCC(Cl)(Cl)Cl)c1c[nH]c2ccccc12)NC(=O)OC(C)(C)C. The number of para-hydroxylation sites is 1. The first-order valence-corrected chi connectivity index (χ1v) is 11.1. The normalized spacial score (nSPS) is 14.0. The summed E-state index contributed by atoms with van der Waals surface area (Å²) in [6.07, 6.45) is 1.61. The molecule has 7 nitrogen and oxygen atoms in total. The first-order chi connectivity index (χ1) is 14.4. The number of benzene rings is 1. The number of hydrogen-bond donors (Lipinski definition) is 3. The third-order valence-electron chi connectivity index (χ3n) is 4.39. The number of fused-ring (bicyclic) bond motifs is 1.